The number of halogens is 1. The Morgan fingerprint density at radius 1 is 1.09 bits per heavy atom. The van der Waals surface area contributed by atoms with Crippen molar-refractivity contribution in [2.75, 3.05) is 26.2 Å². The molecule has 0 saturated heterocycles. The van der Waals surface area contributed by atoms with Crippen LogP contribution in [0.15, 0.2) is 0 Å². The molecule has 5 heteroatoms. The van der Waals surface area contributed by atoms with E-state index in [0.29, 0.717) is 19.7 Å². The minimum absolute atomic E-state index is 0. The first-order valence-electron chi connectivity index (χ1n) is 3.66. The number of hydroxylamine groups is 1. The van der Waals surface area contributed by atoms with Crippen molar-refractivity contribution >= 4 is 12.4 Å². The molecule has 0 aliphatic carbocycles. The van der Waals surface area contributed by atoms with E-state index in [9.17, 15) is 0 Å². The fourth-order valence-corrected chi connectivity index (χ4v) is 0.474. The van der Waals surface area contributed by atoms with E-state index < -0.39 is 0 Å². The molecular weight excluding hydrogens is 166 g/mol. The summed E-state index contributed by atoms with van der Waals surface area (Å²) in [5, 5.41) is 0. The van der Waals surface area contributed by atoms with Crippen molar-refractivity contribution in [2.24, 2.45) is 11.5 Å². The van der Waals surface area contributed by atoms with Gasteiger partial charge in [-0.2, -0.15) is 0 Å². The number of nitrogens with two attached hydrogens (primary N) is 2. The zero-order valence-corrected chi connectivity index (χ0v) is 7.53. The molecule has 70 valence electrons. The monoisotopic (exact) mass is 183 g/mol. The molecule has 0 fully saturated rings. The van der Waals surface area contributed by atoms with Crippen LogP contribution in [0.5, 0.6) is 0 Å². The molecule has 0 aromatic rings. The minimum Gasteiger partial charge on any atom is -0.330 e. The number of hydrogen-bond acceptors (Lipinski definition) is 4. The third-order valence-corrected chi connectivity index (χ3v) is 1.04. The molecule has 0 unspecified atom stereocenters. The second-order valence-electron chi connectivity index (χ2n) is 2.03. The van der Waals surface area contributed by atoms with Gasteiger partial charge in [0.2, 0.25) is 0 Å². The molecule has 11 heavy (non-hydrogen) atoms. The van der Waals surface area contributed by atoms with Crippen LogP contribution in [-0.4, -0.2) is 26.2 Å². The van der Waals surface area contributed by atoms with E-state index in [2.05, 4.69) is 5.48 Å². The molecule has 0 spiro atoms. The Hall–Kier alpha value is 0.130. The van der Waals surface area contributed by atoms with Crippen molar-refractivity contribution in [3.8, 4) is 0 Å². The first-order valence-corrected chi connectivity index (χ1v) is 3.66. The maximum atomic E-state index is 5.25. The maximum Gasteiger partial charge on any atom is 0.0694 e. The molecule has 0 aliphatic rings. The van der Waals surface area contributed by atoms with Gasteiger partial charge < -0.3 is 16.3 Å². The molecule has 0 bridgehead atoms. The van der Waals surface area contributed by atoms with Crippen LogP contribution in [0.2, 0.25) is 0 Å². The summed E-state index contributed by atoms with van der Waals surface area (Å²) < 4.78 is 0. The van der Waals surface area contributed by atoms with E-state index in [1.54, 1.807) is 0 Å². The maximum absolute atomic E-state index is 5.25. The number of rotatable bonds is 7. The molecular formula is C6H18ClN3O. The molecule has 0 aromatic heterocycles. The molecule has 0 aliphatic heterocycles. The lowest BCUT2D eigenvalue weighted by Crippen LogP contribution is -2.20. The molecule has 0 rings (SSSR count). The van der Waals surface area contributed by atoms with E-state index in [1.807, 2.05) is 0 Å². The Bertz CT molecular complexity index is 57.8. The summed E-state index contributed by atoms with van der Waals surface area (Å²) in [5.41, 5.74) is 13.3. The summed E-state index contributed by atoms with van der Waals surface area (Å²) in [7, 11) is 0. The fraction of sp³-hybridized carbons (Fsp3) is 1.00. The average molecular weight is 184 g/mol. The molecule has 0 aromatic carbocycles. The SMILES string of the molecule is Cl.NCCCNOCCCN. The van der Waals surface area contributed by atoms with Crippen LogP contribution in [0.3, 0.4) is 0 Å². The molecule has 5 N–H and O–H groups in total. The zero-order valence-electron chi connectivity index (χ0n) is 6.71. The average Bonchev–Trinajstić information content (AvgIpc) is 1.97. The Morgan fingerprint density at radius 2 is 1.73 bits per heavy atom. The first-order chi connectivity index (χ1) is 4.91. The second-order valence-corrected chi connectivity index (χ2v) is 2.03. The van der Waals surface area contributed by atoms with E-state index in [4.69, 9.17) is 16.3 Å². The van der Waals surface area contributed by atoms with Gasteiger partial charge in [-0.3, -0.25) is 0 Å². The van der Waals surface area contributed by atoms with Crippen LogP contribution in [-0.2, 0) is 4.84 Å². The van der Waals surface area contributed by atoms with Crippen molar-refractivity contribution in [2.45, 2.75) is 12.8 Å². The van der Waals surface area contributed by atoms with Gasteiger partial charge in [0, 0.05) is 6.54 Å². The van der Waals surface area contributed by atoms with E-state index >= 15 is 0 Å². The van der Waals surface area contributed by atoms with Gasteiger partial charge in [0.25, 0.3) is 0 Å². The van der Waals surface area contributed by atoms with Gasteiger partial charge in [0.15, 0.2) is 0 Å². The Morgan fingerprint density at radius 3 is 2.27 bits per heavy atom. The van der Waals surface area contributed by atoms with Crippen molar-refractivity contribution in [3.63, 3.8) is 0 Å². The standard InChI is InChI=1S/C6H17N3O.ClH/c7-3-1-5-9-10-6-2-4-8;/h9H,1-8H2;1H. The second kappa shape index (κ2) is 12.8. The van der Waals surface area contributed by atoms with Gasteiger partial charge in [0.1, 0.15) is 0 Å². The van der Waals surface area contributed by atoms with Crippen molar-refractivity contribution in [1.29, 1.82) is 0 Å². The van der Waals surface area contributed by atoms with Crippen molar-refractivity contribution in [3.05, 3.63) is 0 Å². The lowest BCUT2D eigenvalue weighted by Gasteiger charge is -2.02. The third kappa shape index (κ3) is 13.2. The summed E-state index contributed by atoms with van der Waals surface area (Å²) in [4.78, 5) is 4.99. The van der Waals surface area contributed by atoms with Gasteiger partial charge in [-0.1, -0.05) is 0 Å². The van der Waals surface area contributed by atoms with Crippen LogP contribution in [0, 0.1) is 0 Å². The van der Waals surface area contributed by atoms with Gasteiger partial charge >= 0.3 is 0 Å². The highest BCUT2D eigenvalue weighted by Crippen LogP contribution is 1.75. The van der Waals surface area contributed by atoms with Gasteiger partial charge in [0.05, 0.1) is 6.61 Å². The highest BCUT2D eigenvalue weighted by atomic mass is 35.5. The van der Waals surface area contributed by atoms with E-state index in [1.165, 1.54) is 0 Å². The summed E-state index contributed by atoms with van der Waals surface area (Å²) in [6.07, 6.45) is 1.85. The summed E-state index contributed by atoms with van der Waals surface area (Å²) in [6, 6.07) is 0. The molecule has 4 nitrogen and oxygen atoms in total. The van der Waals surface area contributed by atoms with Crippen LogP contribution < -0.4 is 16.9 Å². The molecule has 0 heterocycles. The summed E-state index contributed by atoms with van der Waals surface area (Å²) >= 11 is 0. The number of hydrogen-bond donors (Lipinski definition) is 3. The topological polar surface area (TPSA) is 73.3 Å². The fourth-order valence-electron chi connectivity index (χ4n) is 0.474. The highest BCUT2D eigenvalue weighted by Gasteiger charge is 1.85. The Balaban J connectivity index is 0. The number of nitrogens with one attached hydrogen (secondary N) is 1. The van der Waals surface area contributed by atoms with Crippen molar-refractivity contribution in [1.82, 2.24) is 5.48 Å². The molecule has 0 atom stereocenters. The first kappa shape index (κ1) is 13.7. The van der Waals surface area contributed by atoms with E-state index in [0.717, 1.165) is 19.4 Å². The van der Waals surface area contributed by atoms with Crippen LogP contribution in [0.1, 0.15) is 12.8 Å². The minimum atomic E-state index is 0. The quantitative estimate of drug-likeness (QED) is 0.372. The lowest BCUT2D eigenvalue weighted by molar-refractivity contribution is 0.0405. The summed E-state index contributed by atoms with van der Waals surface area (Å²) in [5.74, 6) is 0. The Kier molecular flexibility index (Phi) is 15.9. The van der Waals surface area contributed by atoms with Crippen LogP contribution in [0.4, 0.5) is 0 Å². The summed E-state index contributed by atoms with van der Waals surface area (Å²) in [6.45, 7) is 2.88. The smallest absolute Gasteiger partial charge is 0.0694 e. The zero-order chi connectivity index (χ0) is 7.66. The predicted molar refractivity (Wildman–Crippen MR) is 48.5 cm³/mol. The predicted octanol–water partition coefficient (Wildman–Crippen LogP) is -0.373. The third-order valence-electron chi connectivity index (χ3n) is 1.04. The van der Waals surface area contributed by atoms with E-state index in [-0.39, 0.29) is 12.4 Å². The molecule has 0 amide bonds. The highest BCUT2D eigenvalue weighted by molar-refractivity contribution is 5.85. The largest absolute Gasteiger partial charge is 0.330 e. The van der Waals surface area contributed by atoms with Crippen LogP contribution in [0.25, 0.3) is 0 Å². The molecule has 0 radical (unpaired) electrons. The van der Waals surface area contributed by atoms with Crippen molar-refractivity contribution < 1.29 is 4.84 Å². The van der Waals surface area contributed by atoms with Gasteiger partial charge in [-0.15, -0.1) is 12.4 Å². The normalized spacial score (nSPS) is 9.27. The lowest BCUT2D eigenvalue weighted by atomic mass is 10.4. The Labute approximate surface area is 74.0 Å². The molecule has 0 saturated carbocycles. The van der Waals surface area contributed by atoms with Gasteiger partial charge in [-0.05, 0) is 25.9 Å². The van der Waals surface area contributed by atoms with Gasteiger partial charge in [-0.25, -0.2) is 5.48 Å². The van der Waals surface area contributed by atoms with Crippen LogP contribution >= 0.6 is 12.4 Å².